The lowest BCUT2D eigenvalue weighted by Gasteiger charge is -2.33. The molecule has 1 aliphatic heterocycles. The molecule has 1 amide bonds. The molecule has 2 aromatic rings. The Morgan fingerprint density at radius 3 is 2.70 bits per heavy atom. The van der Waals surface area contributed by atoms with Crippen molar-refractivity contribution < 1.29 is 9.53 Å². The number of nitrogens with zero attached hydrogens (tertiary/aromatic N) is 2. The van der Waals surface area contributed by atoms with Gasteiger partial charge in [0.1, 0.15) is 11.4 Å². The van der Waals surface area contributed by atoms with E-state index in [1.807, 2.05) is 39.8 Å². The summed E-state index contributed by atoms with van der Waals surface area (Å²) in [6.45, 7) is 9.02. The average molecular weight is 390 g/mol. The molecule has 1 aromatic carbocycles. The minimum absolute atomic E-state index is 0.0842. The number of hydrogen-bond donors (Lipinski definition) is 1. The molecule has 2 heterocycles. The van der Waals surface area contributed by atoms with Gasteiger partial charge in [-0.3, -0.25) is 4.79 Å². The van der Waals surface area contributed by atoms with Crippen LogP contribution in [0, 0.1) is 6.92 Å². The SMILES string of the molecule is Cc1cccc2c(=O)[nH]c(CSC3CCN(C(=O)OC(C)(C)C)CC3)nc12. The van der Waals surface area contributed by atoms with Crippen LogP contribution in [0.3, 0.4) is 0 Å². The van der Waals surface area contributed by atoms with Gasteiger partial charge >= 0.3 is 6.09 Å². The molecule has 27 heavy (non-hydrogen) atoms. The van der Waals surface area contributed by atoms with E-state index in [1.54, 1.807) is 22.7 Å². The second-order valence-electron chi connectivity index (χ2n) is 7.96. The first kappa shape index (κ1) is 19.7. The number of rotatable bonds is 3. The molecular formula is C20H27N3O3S. The van der Waals surface area contributed by atoms with Crippen LogP contribution < -0.4 is 5.56 Å². The van der Waals surface area contributed by atoms with E-state index in [9.17, 15) is 9.59 Å². The van der Waals surface area contributed by atoms with Crippen molar-refractivity contribution in [3.8, 4) is 0 Å². The van der Waals surface area contributed by atoms with Crippen molar-refractivity contribution in [3.63, 3.8) is 0 Å². The number of aromatic amines is 1. The van der Waals surface area contributed by atoms with Gasteiger partial charge in [0.25, 0.3) is 5.56 Å². The van der Waals surface area contributed by atoms with Gasteiger partial charge in [0.05, 0.1) is 16.7 Å². The normalized spacial score (nSPS) is 15.9. The highest BCUT2D eigenvalue weighted by molar-refractivity contribution is 7.99. The van der Waals surface area contributed by atoms with Gasteiger partial charge in [-0.05, 0) is 52.2 Å². The van der Waals surface area contributed by atoms with Gasteiger partial charge in [0, 0.05) is 18.3 Å². The van der Waals surface area contributed by atoms with E-state index in [4.69, 9.17) is 4.74 Å². The predicted octanol–water partition coefficient (Wildman–Crippen LogP) is 3.86. The van der Waals surface area contributed by atoms with Crippen LogP contribution in [0.15, 0.2) is 23.0 Å². The first-order chi connectivity index (χ1) is 12.7. The maximum atomic E-state index is 12.3. The van der Waals surface area contributed by atoms with Crippen LogP contribution in [0.25, 0.3) is 10.9 Å². The fourth-order valence-corrected chi connectivity index (χ4v) is 4.22. The van der Waals surface area contributed by atoms with Crippen molar-refractivity contribution in [3.05, 3.63) is 39.9 Å². The molecule has 6 nitrogen and oxygen atoms in total. The van der Waals surface area contributed by atoms with Crippen molar-refractivity contribution in [2.24, 2.45) is 0 Å². The van der Waals surface area contributed by atoms with Gasteiger partial charge in [-0.2, -0.15) is 11.8 Å². The Morgan fingerprint density at radius 2 is 2.04 bits per heavy atom. The van der Waals surface area contributed by atoms with Gasteiger partial charge in [-0.25, -0.2) is 9.78 Å². The number of amides is 1. The van der Waals surface area contributed by atoms with Crippen LogP contribution in [0.4, 0.5) is 4.79 Å². The number of carbonyl (C=O) groups excluding carboxylic acids is 1. The zero-order chi connectivity index (χ0) is 19.6. The largest absolute Gasteiger partial charge is 0.444 e. The lowest BCUT2D eigenvalue weighted by molar-refractivity contribution is 0.0219. The number of benzene rings is 1. The summed E-state index contributed by atoms with van der Waals surface area (Å²) >= 11 is 1.79. The fourth-order valence-electron chi connectivity index (χ4n) is 3.15. The van der Waals surface area contributed by atoms with E-state index in [2.05, 4.69) is 9.97 Å². The van der Waals surface area contributed by atoms with E-state index in [0.717, 1.165) is 23.9 Å². The number of likely N-dealkylation sites (tertiary alicyclic amines) is 1. The Morgan fingerprint density at radius 1 is 1.33 bits per heavy atom. The second-order valence-corrected chi connectivity index (χ2v) is 9.25. The lowest BCUT2D eigenvalue weighted by atomic mass is 10.1. The molecule has 1 aromatic heterocycles. The maximum absolute atomic E-state index is 12.3. The topological polar surface area (TPSA) is 75.3 Å². The quantitative estimate of drug-likeness (QED) is 0.863. The first-order valence-electron chi connectivity index (χ1n) is 9.31. The number of aryl methyl sites for hydroxylation is 1. The number of aromatic nitrogens is 2. The Labute approximate surface area is 163 Å². The van der Waals surface area contributed by atoms with Crippen molar-refractivity contribution in [2.75, 3.05) is 13.1 Å². The molecule has 7 heteroatoms. The third-order valence-electron chi connectivity index (χ3n) is 4.54. The van der Waals surface area contributed by atoms with Gasteiger partial charge in [-0.1, -0.05) is 12.1 Å². The summed E-state index contributed by atoms with van der Waals surface area (Å²) in [5, 5.41) is 1.08. The minimum Gasteiger partial charge on any atom is -0.444 e. The lowest BCUT2D eigenvalue weighted by Crippen LogP contribution is -2.42. The predicted molar refractivity (Wildman–Crippen MR) is 109 cm³/mol. The zero-order valence-corrected chi connectivity index (χ0v) is 17.2. The molecule has 3 rings (SSSR count). The van der Waals surface area contributed by atoms with Gasteiger partial charge < -0.3 is 14.6 Å². The van der Waals surface area contributed by atoms with Crippen molar-refractivity contribution in [1.29, 1.82) is 0 Å². The number of fused-ring (bicyclic) bond motifs is 1. The molecular weight excluding hydrogens is 362 g/mol. The molecule has 1 fully saturated rings. The van der Waals surface area contributed by atoms with Crippen LogP contribution in [0.5, 0.6) is 0 Å². The van der Waals surface area contributed by atoms with Crippen LogP contribution >= 0.6 is 11.8 Å². The molecule has 0 unspecified atom stereocenters. The van der Waals surface area contributed by atoms with E-state index in [-0.39, 0.29) is 11.7 Å². The van der Waals surface area contributed by atoms with Crippen molar-refractivity contribution >= 4 is 28.8 Å². The van der Waals surface area contributed by atoms with Gasteiger partial charge in [0.15, 0.2) is 0 Å². The van der Waals surface area contributed by atoms with E-state index >= 15 is 0 Å². The highest BCUT2D eigenvalue weighted by atomic mass is 32.2. The molecule has 0 radical (unpaired) electrons. The molecule has 146 valence electrons. The number of ether oxygens (including phenoxy) is 1. The van der Waals surface area contributed by atoms with E-state index < -0.39 is 5.60 Å². The summed E-state index contributed by atoms with van der Waals surface area (Å²) in [6.07, 6.45) is 1.60. The number of para-hydroxylation sites is 1. The van der Waals surface area contributed by atoms with Crippen molar-refractivity contribution in [2.45, 2.75) is 57.1 Å². The highest BCUT2D eigenvalue weighted by Crippen LogP contribution is 2.27. The molecule has 1 N–H and O–H groups in total. The molecule has 0 saturated carbocycles. The molecule has 0 bridgehead atoms. The number of piperidine rings is 1. The molecule has 0 atom stereocenters. The Bertz CT molecular complexity index is 880. The molecule has 0 spiro atoms. The van der Waals surface area contributed by atoms with Crippen LogP contribution in [0.2, 0.25) is 0 Å². The molecule has 0 aliphatic carbocycles. The van der Waals surface area contributed by atoms with Crippen LogP contribution in [-0.4, -0.2) is 44.9 Å². The first-order valence-corrected chi connectivity index (χ1v) is 10.4. The summed E-state index contributed by atoms with van der Waals surface area (Å²) in [6, 6.07) is 5.65. The summed E-state index contributed by atoms with van der Waals surface area (Å²) in [5.74, 6) is 1.37. The summed E-state index contributed by atoms with van der Waals surface area (Å²) in [7, 11) is 0. The zero-order valence-electron chi connectivity index (χ0n) is 16.4. The summed E-state index contributed by atoms with van der Waals surface area (Å²) in [5.41, 5.74) is 1.24. The van der Waals surface area contributed by atoms with Gasteiger partial charge in [0.2, 0.25) is 0 Å². The maximum Gasteiger partial charge on any atom is 0.410 e. The third-order valence-corrected chi connectivity index (χ3v) is 5.92. The Balaban J connectivity index is 1.56. The monoisotopic (exact) mass is 389 g/mol. The third kappa shape index (κ3) is 5.03. The Kier molecular flexibility index (Phi) is 5.79. The van der Waals surface area contributed by atoms with Crippen LogP contribution in [0.1, 0.15) is 45.0 Å². The summed E-state index contributed by atoms with van der Waals surface area (Å²) < 4.78 is 5.44. The Hall–Kier alpha value is -2.02. The van der Waals surface area contributed by atoms with E-state index in [0.29, 0.717) is 35.3 Å². The number of hydrogen-bond acceptors (Lipinski definition) is 5. The number of H-pyrrole nitrogens is 1. The fraction of sp³-hybridized carbons (Fsp3) is 0.550. The van der Waals surface area contributed by atoms with Gasteiger partial charge in [-0.15, -0.1) is 0 Å². The smallest absolute Gasteiger partial charge is 0.410 e. The summed E-state index contributed by atoms with van der Waals surface area (Å²) in [4.78, 5) is 33.7. The second kappa shape index (κ2) is 7.92. The average Bonchev–Trinajstić information content (AvgIpc) is 2.60. The minimum atomic E-state index is -0.464. The standard InChI is InChI=1S/C20H27N3O3S/c1-13-6-5-7-15-17(13)21-16(22-18(15)24)12-27-14-8-10-23(11-9-14)19(25)26-20(2,3)4/h5-7,14H,8-12H2,1-4H3,(H,21,22,24). The number of carbonyl (C=O) groups is 1. The van der Waals surface area contributed by atoms with E-state index in [1.165, 1.54) is 0 Å². The molecule has 1 saturated heterocycles. The van der Waals surface area contributed by atoms with Crippen LogP contribution in [-0.2, 0) is 10.5 Å². The number of nitrogens with one attached hydrogen (secondary N) is 1. The highest BCUT2D eigenvalue weighted by Gasteiger charge is 2.27. The van der Waals surface area contributed by atoms with Crippen molar-refractivity contribution in [1.82, 2.24) is 14.9 Å². The number of thioether (sulfide) groups is 1. The molecule has 1 aliphatic rings.